The highest BCUT2D eigenvalue weighted by atomic mass is 79.9. The summed E-state index contributed by atoms with van der Waals surface area (Å²) in [7, 11) is 0. The zero-order chi connectivity index (χ0) is 13.8. The molecule has 1 fully saturated rings. The smallest absolute Gasteiger partial charge is 0.317 e. The van der Waals surface area contributed by atoms with Crippen LogP contribution in [0.4, 0.5) is 4.79 Å². The molecule has 5 nitrogen and oxygen atoms in total. The molecule has 2 rings (SSSR count). The van der Waals surface area contributed by atoms with Gasteiger partial charge in [0.15, 0.2) is 0 Å². The number of hydrogen-bond acceptors (Lipinski definition) is 3. The Morgan fingerprint density at radius 1 is 1.58 bits per heavy atom. The summed E-state index contributed by atoms with van der Waals surface area (Å²) in [6.07, 6.45) is 0.905. The number of likely N-dealkylation sites (tertiary alicyclic amines) is 1. The van der Waals surface area contributed by atoms with Crippen LogP contribution < -0.4 is 5.32 Å². The summed E-state index contributed by atoms with van der Waals surface area (Å²) in [5.41, 5.74) is 0. The van der Waals surface area contributed by atoms with Gasteiger partial charge in [-0.1, -0.05) is 0 Å². The number of carboxylic acid groups (broad SMARTS) is 1. The first kappa shape index (κ1) is 14.3. The largest absolute Gasteiger partial charge is 0.481 e. The lowest BCUT2D eigenvalue weighted by atomic mass is 10.1. The molecular weight excluding hydrogens is 332 g/mol. The molecule has 0 spiro atoms. The summed E-state index contributed by atoms with van der Waals surface area (Å²) in [6, 6.07) is 1.83. The lowest BCUT2D eigenvalue weighted by Gasteiger charge is -2.16. The van der Waals surface area contributed by atoms with E-state index in [9.17, 15) is 9.59 Å². The molecule has 0 aliphatic carbocycles. The van der Waals surface area contributed by atoms with Crippen molar-refractivity contribution in [1.29, 1.82) is 0 Å². The SMILES string of the molecule is O=C(O)CC1CCN(C(=O)NCc2sccc2Br)C1. The molecule has 7 heteroatoms. The van der Waals surface area contributed by atoms with Crippen molar-refractivity contribution in [2.24, 2.45) is 5.92 Å². The van der Waals surface area contributed by atoms with Crippen LogP contribution in [0.5, 0.6) is 0 Å². The Labute approximate surface area is 123 Å². The van der Waals surface area contributed by atoms with Crippen molar-refractivity contribution in [2.75, 3.05) is 13.1 Å². The Balaban J connectivity index is 1.78. The number of aliphatic carboxylic acids is 1. The van der Waals surface area contributed by atoms with E-state index in [-0.39, 0.29) is 18.4 Å². The van der Waals surface area contributed by atoms with Gasteiger partial charge in [-0.15, -0.1) is 11.3 Å². The second-order valence-corrected chi connectivity index (χ2v) is 6.40. The van der Waals surface area contributed by atoms with Crippen LogP contribution in [0.15, 0.2) is 15.9 Å². The maximum atomic E-state index is 11.9. The molecule has 0 aromatic carbocycles. The molecule has 2 heterocycles. The third-order valence-corrected chi connectivity index (χ3v) is 5.05. The summed E-state index contributed by atoms with van der Waals surface area (Å²) in [5.74, 6) is -0.716. The van der Waals surface area contributed by atoms with Gasteiger partial charge in [0.25, 0.3) is 0 Å². The molecule has 104 valence electrons. The Kier molecular flexibility index (Phi) is 4.81. The summed E-state index contributed by atoms with van der Waals surface area (Å²) >= 11 is 5.00. The van der Waals surface area contributed by atoms with Gasteiger partial charge < -0.3 is 15.3 Å². The molecule has 1 saturated heterocycles. The van der Waals surface area contributed by atoms with Crippen LogP contribution in [0, 0.1) is 5.92 Å². The molecule has 2 N–H and O–H groups in total. The van der Waals surface area contributed by atoms with Crippen molar-refractivity contribution in [2.45, 2.75) is 19.4 Å². The fraction of sp³-hybridized carbons (Fsp3) is 0.500. The zero-order valence-corrected chi connectivity index (χ0v) is 12.7. The predicted octanol–water partition coefficient (Wildman–Crippen LogP) is 2.52. The van der Waals surface area contributed by atoms with Crippen LogP contribution in [-0.2, 0) is 11.3 Å². The Hall–Kier alpha value is -1.08. The first-order chi connectivity index (χ1) is 9.06. The van der Waals surface area contributed by atoms with Crippen LogP contribution in [0.1, 0.15) is 17.7 Å². The number of nitrogens with one attached hydrogen (secondary N) is 1. The molecule has 1 aliphatic rings. The van der Waals surface area contributed by atoms with Crippen molar-refractivity contribution in [3.8, 4) is 0 Å². The van der Waals surface area contributed by atoms with Gasteiger partial charge in [0, 0.05) is 28.9 Å². The van der Waals surface area contributed by atoms with Gasteiger partial charge in [0.1, 0.15) is 0 Å². The quantitative estimate of drug-likeness (QED) is 0.879. The molecule has 1 unspecified atom stereocenters. The maximum absolute atomic E-state index is 11.9. The van der Waals surface area contributed by atoms with Crippen molar-refractivity contribution < 1.29 is 14.7 Å². The van der Waals surface area contributed by atoms with Crippen molar-refractivity contribution in [1.82, 2.24) is 10.2 Å². The number of carboxylic acids is 1. The minimum atomic E-state index is -0.797. The number of urea groups is 1. The van der Waals surface area contributed by atoms with Crippen molar-refractivity contribution in [3.05, 3.63) is 20.8 Å². The molecular formula is C12H15BrN2O3S. The highest BCUT2D eigenvalue weighted by Gasteiger charge is 2.27. The lowest BCUT2D eigenvalue weighted by molar-refractivity contribution is -0.138. The van der Waals surface area contributed by atoms with Gasteiger partial charge in [-0.05, 0) is 39.7 Å². The van der Waals surface area contributed by atoms with Crippen LogP contribution in [0.2, 0.25) is 0 Å². The third-order valence-electron chi connectivity index (χ3n) is 3.13. The molecule has 0 bridgehead atoms. The summed E-state index contributed by atoms with van der Waals surface area (Å²) in [4.78, 5) is 25.3. The van der Waals surface area contributed by atoms with Crippen LogP contribution in [-0.4, -0.2) is 35.1 Å². The van der Waals surface area contributed by atoms with E-state index in [1.165, 1.54) is 0 Å². The van der Waals surface area contributed by atoms with Gasteiger partial charge in [0.2, 0.25) is 0 Å². The van der Waals surface area contributed by atoms with Gasteiger partial charge in [-0.25, -0.2) is 4.79 Å². The van der Waals surface area contributed by atoms with Crippen molar-refractivity contribution >= 4 is 39.3 Å². The number of carbonyl (C=O) groups excluding carboxylic acids is 1. The lowest BCUT2D eigenvalue weighted by Crippen LogP contribution is -2.38. The van der Waals surface area contributed by atoms with Gasteiger partial charge >= 0.3 is 12.0 Å². The topological polar surface area (TPSA) is 69.6 Å². The third kappa shape index (κ3) is 3.94. The Bertz CT molecular complexity index is 477. The monoisotopic (exact) mass is 346 g/mol. The predicted molar refractivity (Wildman–Crippen MR) is 76.2 cm³/mol. The Morgan fingerprint density at radius 3 is 3.00 bits per heavy atom. The number of thiophene rings is 1. The van der Waals surface area contributed by atoms with Crippen LogP contribution >= 0.6 is 27.3 Å². The molecule has 1 aromatic rings. The number of rotatable bonds is 4. The second-order valence-electron chi connectivity index (χ2n) is 4.55. The molecule has 1 aliphatic heterocycles. The average molecular weight is 347 g/mol. The minimum Gasteiger partial charge on any atom is -0.481 e. The molecule has 1 atom stereocenters. The van der Waals surface area contributed by atoms with Gasteiger partial charge in [-0.3, -0.25) is 4.79 Å². The van der Waals surface area contributed by atoms with E-state index >= 15 is 0 Å². The van der Waals surface area contributed by atoms with E-state index in [4.69, 9.17) is 5.11 Å². The van der Waals surface area contributed by atoms with E-state index in [1.807, 2.05) is 11.4 Å². The van der Waals surface area contributed by atoms with Crippen molar-refractivity contribution in [3.63, 3.8) is 0 Å². The second kappa shape index (κ2) is 6.38. The first-order valence-corrected chi connectivity index (χ1v) is 7.70. The Morgan fingerprint density at radius 2 is 2.37 bits per heavy atom. The minimum absolute atomic E-state index is 0.0803. The number of halogens is 1. The van der Waals surface area contributed by atoms with Gasteiger partial charge in [-0.2, -0.15) is 0 Å². The van der Waals surface area contributed by atoms with Crippen LogP contribution in [0.25, 0.3) is 0 Å². The molecule has 0 radical (unpaired) electrons. The molecule has 1 aromatic heterocycles. The fourth-order valence-electron chi connectivity index (χ4n) is 2.15. The average Bonchev–Trinajstić information content (AvgIpc) is 2.95. The number of hydrogen-bond donors (Lipinski definition) is 2. The van der Waals surface area contributed by atoms with Crippen LogP contribution in [0.3, 0.4) is 0 Å². The molecule has 2 amide bonds. The fourth-order valence-corrected chi connectivity index (χ4v) is 3.58. The zero-order valence-electron chi connectivity index (χ0n) is 10.3. The van der Waals surface area contributed by atoms with E-state index in [2.05, 4.69) is 21.2 Å². The highest BCUT2D eigenvalue weighted by Crippen LogP contribution is 2.23. The summed E-state index contributed by atoms with van der Waals surface area (Å²) in [5, 5.41) is 13.6. The molecule has 0 saturated carbocycles. The van der Waals surface area contributed by atoms with E-state index in [0.717, 1.165) is 15.8 Å². The number of nitrogens with zero attached hydrogens (tertiary/aromatic N) is 1. The summed E-state index contributed by atoms with van der Waals surface area (Å²) < 4.78 is 1.00. The standard InChI is InChI=1S/C12H15BrN2O3S/c13-9-2-4-19-10(9)6-14-12(18)15-3-1-8(7-15)5-11(16)17/h2,4,8H,1,3,5-7H2,(H,14,18)(H,16,17). The number of carbonyl (C=O) groups is 2. The number of amides is 2. The molecule has 19 heavy (non-hydrogen) atoms. The van der Waals surface area contributed by atoms with Gasteiger partial charge in [0.05, 0.1) is 6.54 Å². The summed E-state index contributed by atoms with van der Waals surface area (Å²) in [6.45, 7) is 1.66. The highest BCUT2D eigenvalue weighted by molar-refractivity contribution is 9.10. The maximum Gasteiger partial charge on any atom is 0.317 e. The van der Waals surface area contributed by atoms with E-state index < -0.39 is 5.97 Å². The van der Waals surface area contributed by atoms with E-state index in [1.54, 1.807) is 16.2 Å². The van der Waals surface area contributed by atoms with E-state index in [0.29, 0.717) is 19.6 Å². The normalized spacial score (nSPS) is 18.6. The first-order valence-electron chi connectivity index (χ1n) is 6.02.